The second kappa shape index (κ2) is 6.52. The first-order valence-electron chi connectivity index (χ1n) is 7.70. The predicted octanol–water partition coefficient (Wildman–Crippen LogP) is 3.76. The van der Waals surface area contributed by atoms with E-state index in [0.29, 0.717) is 35.5 Å². The number of fused-ring (bicyclic) bond motifs is 1. The van der Waals surface area contributed by atoms with Gasteiger partial charge in [0.15, 0.2) is 5.13 Å². The first kappa shape index (κ1) is 16.1. The minimum atomic E-state index is -0.0918. The number of aromatic nitrogens is 1. The molecule has 1 saturated heterocycles. The molecule has 4 rings (SSSR count). The maximum atomic E-state index is 12.1. The van der Waals surface area contributed by atoms with E-state index < -0.39 is 0 Å². The second-order valence-electron chi connectivity index (χ2n) is 5.78. The van der Waals surface area contributed by atoms with Crippen molar-refractivity contribution in [3.8, 4) is 0 Å². The number of hydrogen-bond acceptors (Lipinski definition) is 5. The summed E-state index contributed by atoms with van der Waals surface area (Å²) in [5, 5.41) is 4.96. The molecule has 3 heterocycles. The third-order valence-electron chi connectivity index (χ3n) is 4.23. The zero-order chi connectivity index (χ0) is 16.7. The van der Waals surface area contributed by atoms with Gasteiger partial charge in [0.2, 0.25) is 5.91 Å². The maximum absolute atomic E-state index is 12.1. The molecule has 8 heteroatoms. The second-order valence-corrected chi connectivity index (χ2v) is 7.63. The van der Waals surface area contributed by atoms with Gasteiger partial charge < -0.3 is 15.0 Å². The van der Waals surface area contributed by atoms with Crippen LogP contribution < -0.4 is 10.2 Å². The van der Waals surface area contributed by atoms with E-state index in [9.17, 15) is 4.79 Å². The molecular weight excluding hydrogens is 369 g/mol. The fourth-order valence-corrected chi connectivity index (χ4v) is 4.76. The molecule has 1 atom stereocenters. The van der Waals surface area contributed by atoms with Crippen LogP contribution in [0.1, 0.15) is 22.8 Å². The van der Waals surface area contributed by atoms with Crippen molar-refractivity contribution in [1.29, 1.82) is 0 Å². The summed E-state index contributed by atoms with van der Waals surface area (Å²) in [6, 6.07) is 5.42. The Balaban J connectivity index is 1.73. The van der Waals surface area contributed by atoms with E-state index in [1.54, 1.807) is 23.5 Å². The standard InChI is InChI=1S/C16H15Cl2N3O2S/c17-9-1-2-10(12(18)7-9)11-8-13(22)19-15-14(11)24-16(20-15)21-3-5-23-6-4-21/h1-2,7,11H,3-6,8H2,(H,19,22)/t11-/m1/s1. The van der Waals surface area contributed by atoms with Crippen molar-refractivity contribution in [2.75, 3.05) is 36.5 Å². The van der Waals surface area contributed by atoms with Crippen LogP contribution in [0.5, 0.6) is 0 Å². The van der Waals surface area contributed by atoms with Crippen molar-refractivity contribution >= 4 is 51.4 Å². The Hall–Kier alpha value is -1.34. The zero-order valence-electron chi connectivity index (χ0n) is 12.7. The number of nitrogens with zero attached hydrogens (tertiary/aromatic N) is 2. The Kier molecular flexibility index (Phi) is 4.39. The van der Waals surface area contributed by atoms with Crippen molar-refractivity contribution in [2.45, 2.75) is 12.3 Å². The molecule has 2 aliphatic heterocycles. The van der Waals surface area contributed by atoms with Gasteiger partial charge in [-0.1, -0.05) is 40.6 Å². The number of ether oxygens (including phenoxy) is 1. The number of hydrogen-bond donors (Lipinski definition) is 1. The Labute approximate surface area is 153 Å². The number of nitrogens with one attached hydrogen (secondary N) is 1. The van der Waals surface area contributed by atoms with Crippen LogP contribution in [0, 0.1) is 0 Å². The van der Waals surface area contributed by atoms with Gasteiger partial charge in [-0.2, -0.15) is 0 Å². The number of morpholine rings is 1. The van der Waals surface area contributed by atoms with Crippen LogP contribution in [0.4, 0.5) is 10.9 Å². The van der Waals surface area contributed by atoms with Gasteiger partial charge in [0, 0.05) is 35.5 Å². The van der Waals surface area contributed by atoms with Gasteiger partial charge >= 0.3 is 0 Å². The van der Waals surface area contributed by atoms with E-state index in [0.717, 1.165) is 28.7 Å². The van der Waals surface area contributed by atoms with Crippen LogP contribution in [0.3, 0.4) is 0 Å². The van der Waals surface area contributed by atoms with Crippen molar-refractivity contribution in [3.63, 3.8) is 0 Å². The van der Waals surface area contributed by atoms with Gasteiger partial charge in [-0.3, -0.25) is 4.79 Å². The number of rotatable bonds is 2. The lowest BCUT2D eigenvalue weighted by Gasteiger charge is -2.26. The van der Waals surface area contributed by atoms with E-state index in [-0.39, 0.29) is 11.8 Å². The van der Waals surface area contributed by atoms with Crippen LogP contribution >= 0.6 is 34.5 Å². The quantitative estimate of drug-likeness (QED) is 0.857. The highest BCUT2D eigenvalue weighted by atomic mass is 35.5. The minimum Gasteiger partial charge on any atom is -0.378 e. The van der Waals surface area contributed by atoms with Gasteiger partial charge in [0.05, 0.1) is 18.1 Å². The first-order valence-corrected chi connectivity index (χ1v) is 9.27. The molecule has 1 aromatic carbocycles. The summed E-state index contributed by atoms with van der Waals surface area (Å²) in [7, 11) is 0. The van der Waals surface area contributed by atoms with Crippen LogP contribution in [-0.4, -0.2) is 37.2 Å². The molecule has 0 spiro atoms. The maximum Gasteiger partial charge on any atom is 0.226 e. The Morgan fingerprint density at radius 1 is 1.29 bits per heavy atom. The molecule has 0 radical (unpaired) electrons. The normalized spacial score (nSPS) is 20.7. The molecule has 1 N–H and O–H groups in total. The summed E-state index contributed by atoms with van der Waals surface area (Å²) < 4.78 is 5.39. The molecule has 1 aromatic heterocycles. The zero-order valence-corrected chi connectivity index (χ0v) is 15.0. The molecular formula is C16H15Cl2N3O2S. The summed E-state index contributed by atoms with van der Waals surface area (Å²) in [5.41, 5.74) is 0.911. The average molecular weight is 384 g/mol. The number of thiazole rings is 1. The van der Waals surface area contributed by atoms with Crippen LogP contribution in [0.2, 0.25) is 10.0 Å². The van der Waals surface area contributed by atoms with E-state index in [1.807, 2.05) is 6.07 Å². The Bertz CT molecular complexity index is 790. The number of anilines is 2. The molecule has 0 saturated carbocycles. The molecule has 1 fully saturated rings. The lowest BCUT2D eigenvalue weighted by molar-refractivity contribution is -0.116. The number of carbonyl (C=O) groups is 1. The fraction of sp³-hybridized carbons (Fsp3) is 0.375. The molecule has 2 aromatic rings. The van der Waals surface area contributed by atoms with Gasteiger partial charge in [-0.15, -0.1) is 0 Å². The van der Waals surface area contributed by atoms with E-state index >= 15 is 0 Å². The molecule has 2 aliphatic rings. The molecule has 0 aliphatic carbocycles. The highest BCUT2D eigenvalue weighted by Gasteiger charge is 2.32. The third-order valence-corrected chi connectivity index (χ3v) is 6.02. The Morgan fingerprint density at radius 3 is 2.83 bits per heavy atom. The minimum absolute atomic E-state index is 0.0441. The molecule has 0 bridgehead atoms. The summed E-state index contributed by atoms with van der Waals surface area (Å²) in [4.78, 5) is 20.0. The highest BCUT2D eigenvalue weighted by molar-refractivity contribution is 7.16. The lowest BCUT2D eigenvalue weighted by Crippen LogP contribution is -2.36. The molecule has 24 heavy (non-hydrogen) atoms. The SMILES string of the molecule is O=C1C[C@H](c2ccc(Cl)cc2Cl)c2sc(N3CCOCC3)nc2N1. The van der Waals surface area contributed by atoms with Crippen LogP contribution in [0.25, 0.3) is 0 Å². The summed E-state index contributed by atoms with van der Waals surface area (Å²) >= 11 is 14.0. The monoisotopic (exact) mass is 383 g/mol. The topological polar surface area (TPSA) is 54.5 Å². The summed E-state index contributed by atoms with van der Waals surface area (Å²) in [6.45, 7) is 3.02. The average Bonchev–Trinajstić information content (AvgIpc) is 2.99. The summed E-state index contributed by atoms with van der Waals surface area (Å²) in [6.07, 6.45) is 0.360. The first-order chi connectivity index (χ1) is 11.6. The third kappa shape index (κ3) is 2.99. The molecule has 126 valence electrons. The molecule has 1 amide bonds. The van der Waals surface area contributed by atoms with Gasteiger partial charge in [-0.25, -0.2) is 4.98 Å². The largest absolute Gasteiger partial charge is 0.378 e. The van der Waals surface area contributed by atoms with E-state index in [4.69, 9.17) is 27.9 Å². The van der Waals surface area contributed by atoms with Gasteiger partial charge in [-0.05, 0) is 17.7 Å². The summed E-state index contributed by atoms with van der Waals surface area (Å²) in [5.74, 6) is 0.511. The number of amides is 1. The van der Waals surface area contributed by atoms with E-state index in [1.165, 1.54) is 0 Å². The van der Waals surface area contributed by atoms with E-state index in [2.05, 4.69) is 15.2 Å². The van der Waals surface area contributed by atoms with Crippen LogP contribution in [0.15, 0.2) is 18.2 Å². The van der Waals surface area contributed by atoms with Crippen LogP contribution in [-0.2, 0) is 9.53 Å². The van der Waals surface area contributed by atoms with Gasteiger partial charge in [0.1, 0.15) is 5.82 Å². The Morgan fingerprint density at radius 2 is 2.08 bits per heavy atom. The molecule has 0 unspecified atom stereocenters. The molecule has 5 nitrogen and oxygen atoms in total. The van der Waals surface area contributed by atoms with Crippen molar-refractivity contribution in [2.24, 2.45) is 0 Å². The predicted molar refractivity (Wildman–Crippen MR) is 96.7 cm³/mol. The van der Waals surface area contributed by atoms with Crippen molar-refractivity contribution < 1.29 is 9.53 Å². The smallest absolute Gasteiger partial charge is 0.226 e. The van der Waals surface area contributed by atoms with Crippen molar-refractivity contribution in [3.05, 3.63) is 38.7 Å². The highest BCUT2D eigenvalue weighted by Crippen LogP contribution is 2.45. The lowest BCUT2D eigenvalue weighted by atomic mass is 9.91. The number of benzene rings is 1. The number of carbonyl (C=O) groups excluding carboxylic acids is 1. The number of halogens is 2. The fourth-order valence-electron chi connectivity index (χ4n) is 3.03. The van der Waals surface area contributed by atoms with Crippen molar-refractivity contribution in [1.82, 2.24) is 4.98 Å². The van der Waals surface area contributed by atoms with Gasteiger partial charge in [0.25, 0.3) is 0 Å².